The average Bonchev–Trinajstić information content (AvgIpc) is 3.12. The Labute approximate surface area is 164 Å². The molecule has 4 N–H and O–H groups in total. The van der Waals surface area contributed by atoms with Gasteiger partial charge in [0.15, 0.2) is 5.82 Å². The molecule has 7 heteroatoms. The third-order valence-electron chi connectivity index (χ3n) is 4.46. The van der Waals surface area contributed by atoms with Crippen LogP contribution < -0.4 is 5.32 Å². The molecule has 0 amide bonds. The molecule has 3 aromatic rings. The number of fused-ring (bicyclic) bond motifs is 1. The number of aliphatic hydroxyl groups is 2. The largest absolute Gasteiger partial charge is 0.394 e. The monoisotopic (exact) mass is 384 g/mol. The number of hydrogen-bond donors (Lipinski definition) is 4. The molecule has 0 radical (unpaired) electrons. The molecular weight excluding hydrogens is 356 g/mol. The third-order valence-corrected chi connectivity index (χ3v) is 4.46. The smallest absolute Gasteiger partial charge is 0.163 e. The zero-order valence-electron chi connectivity index (χ0n) is 16.2. The topological polar surface area (TPSA) is 103 Å². The Morgan fingerprint density at radius 3 is 2.75 bits per heavy atom. The van der Waals surface area contributed by atoms with Crippen LogP contribution in [0.4, 0.5) is 5.82 Å². The van der Waals surface area contributed by atoms with Gasteiger partial charge in [0.05, 0.1) is 31.3 Å². The summed E-state index contributed by atoms with van der Waals surface area (Å²) >= 11 is 0. The minimum Gasteiger partial charge on any atom is -0.394 e. The van der Waals surface area contributed by atoms with Crippen LogP contribution in [0.3, 0.4) is 0 Å². The summed E-state index contributed by atoms with van der Waals surface area (Å²) in [4.78, 5) is 12.7. The maximum absolute atomic E-state index is 9.98. The van der Waals surface area contributed by atoms with E-state index in [-0.39, 0.29) is 19.3 Å². The second-order valence-corrected chi connectivity index (χ2v) is 6.75. The van der Waals surface area contributed by atoms with Crippen LogP contribution in [-0.2, 0) is 11.3 Å². The van der Waals surface area contributed by atoms with Crippen LogP contribution in [-0.4, -0.2) is 51.0 Å². The normalized spacial score (nSPS) is 12.4. The summed E-state index contributed by atoms with van der Waals surface area (Å²) < 4.78 is 5.41. The molecule has 7 nitrogen and oxygen atoms in total. The van der Waals surface area contributed by atoms with Gasteiger partial charge in [-0.2, -0.15) is 0 Å². The minimum absolute atomic E-state index is 0.00885. The number of aromatic amines is 1. The third kappa shape index (κ3) is 5.28. The van der Waals surface area contributed by atoms with Crippen molar-refractivity contribution in [3.8, 4) is 11.4 Å². The zero-order valence-corrected chi connectivity index (χ0v) is 16.2. The summed E-state index contributed by atoms with van der Waals surface area (Å²) in [5, 5.41) is 23.1. The van der Waals surface area contributed by atoms with Crippen LogP contribution in [0, 0.1) is 0 Å². The number of H-pyrrole nitrogens is 1. The van der Waals surface area contributed by atoms with E-state index < -0.39 is 0 Å². The summed E-state index contributed by atoms with van der Waals surface area (Å²) in [5.74, 6) is 1.37. The first kappa shape index (κ1) is 20.3. The fraction of sp³-hybridized carbons (Fsp3) is 0.429. The van der Waals surface area contributed by atoms with Gasteiger partial charge in [-0.3, -0.25) is 0 Å². The molecule has 0 spiro atoms. The summed E-state index contributed by atoms with van der Waals surface area (Å²) in [5.41, 5.74) is 2.54. The summed E-state index contributed by atoms with van der Waals surface area (Å²) in [6.07, 6.45) is 2.12. The van der Waals surface area contributed by atoms with E-state index in [1.165, 1.54) is 0 Å². The van der Waals surface area contributed by atoms with Crippen molar-refractivity contribution in [2.45, 2.75) is 38.9 Å². The van der Waals surface area contributed by atoms with Gasteiger partial charge in [0.25, 0.3) is 0 Å². The van der Waals surface area contributed by atoms with Gasteiger partial charge in [-0.15, -0.1) is 0 Å². The van der Waals surface area contributed by atoms with Crippen molar-refractivity contribution in [2.75, 3.05) is 25.1 Å². The molecular formula is C21H28N4O3. The number of nitrogens with zero attached hydrogens (tertiary/aromatic N) is 2. The van der Waals surface area contributed by atoms with E-state index in [1.807, 2.05) is 36.4 Å². The number of aromatic nitrogens is 3. The second-order valence-electron chi connectivity index (χ2n) is 6.75. The molecule has 0 saturated heterocycles. The first-order valence-corrected chi connectivity index (χ1v) is 9.76. The SMILES string of the molecule is CCC[C@H](O)CCNc1nc(-c2ccccc2)nc2[nH]c(COCCO)cc12. The van der Waals surface area contributed by atoms with Crippen LogP contribution in [0.25, 0.3) is 22.4 Å². The molecule has 1 atom stereocenters. The Hall–Kier alpha value is -2.48. The van der Waals surface area contributed by atoms with Crippen molar-refractivity contribution in [1.29, 1.82) is 0 Å². The van der Waals surface area contributed by atoms with Crippen molar-refractivity contribution >= 4 is 16.9 Å². The maximum atomic E-state index is 9.98. The Balaban J connectivity index is 1.86. The first-order valence-electron chi connectivity index (χ1n) is 9.76. The standard InChI is InChI=1S/C21H28N4O3/c1-2-6-17(27)9-10-22-20-18-13-16(14-28-12-11-26)23-21(18)25-19(24-20)15-7-4-3-5-8-15/h3-5,7-8,13,17,26-27H,2,6,9-12,14H2,1H3,(H2,22,23,24,25)/t17-/m0/s1. The highest BCUT2D eigenvalue weighted by Crippen LogP contribution is 2.26. The summed E-state index contributed by atoms with van der Waals surface area (Å²) in [6.45, 7) is 3.34. The Kier molecular flexibility index (Phi) is 7.36. The Bertz CT molecular complexity index is 867. The van der Waals surface area contributed by atoms with Gasteiger partial charge in [-0.1, -0.05) is 43.7 Å². The fourth-order valence-electron chi connectivity index (χ4n) is 3.07. The predicted octanol–water partition coefficient (Wildman–Crippen LogP) is 3.10. The van der Waals surface area contributed by atoms with E-state index in [4.69, 9.17) is 14.8 Å². The van der Waals surface area contributed by atoms with E-state index in [9.17, 15) is 5.11 Å². The van der Waals surface area contributed by atoms with Crippen LogP contribution in [0.2, 0.25) is 0 Å². The highest BCUT2D eigenvalue weighted by atomic mass is 16.5. The number of ether oxygens (including phenoxy) is 1. The zero-order chi connectivity index (χ0) is 19.8. The maximum Gasteiger partial charge on any atom is 0.163 e. The number of anilines is 1. The summed E-state index contributed by atoms with van der Waals surface area (Å²) in [7, 11) is 0. The lowest BCUT2D eigenvalue weighted by Gasteiger charge is -2.12. The van der Waals surface area contributed by atoms with Crippen molar-refractivity contribution in [3.63, 3.8) is 0 Å². The molecule has 0 saturated carbocycles. The molecule has 0 aliphatic rings. The van der Waals surface area contributed by atoms with Gasteiger partial charge in [0.2, 0.25) is 0 Å². The molecule has 2 heterocycles. The van der Waals surface area contributed by atoms with Gasteiger partial charge in [-0.25, -0.2) is 9.97 Å². The number of rotatable bonds is 11. The van der Waals surface area contributed by atoms with Gasteiger partial charge in [-0.05, 0) is 18.9 Å². The van der Waals surface area contributed by atoms with Crippen LogP contribution in [0.1, 0.15) is 31.9 Å². The van der Waals surface area contributed by atoms with Crippen molar-refractivity contribution in [1.82, 2.24) is 15.0 Å². The second kappa shape index (κ2) is 10.2. The predicted molar refractivity (Wildman–Crippen MR) is 110 cm³/mol. The summed E-state index contributed by atoms with van der Waals surface area (Å²) in [6, 6.07) is 11.8. The minimum atomic E-state index is -0.308. The quantitative estimate of drug-likeness (QED) is 0.379. The lowest BCUT2D eigenvalue weighted by Crippen LogP contribution is -2.14. The Morgan fingerprint density at radius 2 is 2.00 bits per heavy atom. The highest BCUT2D eigenvalue weighted by molar-refractivity contribution is 5.89. The molecule has 3 rings (SSSR count). The van der Waals surface area contributed by atoms with Crippen LogP contribution in [0.15, 0.2) is 36.4 Å². The van der Waals surface area contributed by atoms with Crippen molar-refractivity contribution < 1.29 is 14.9 Å². The van der Waals surface area contributed by atoms with E-state index in [0.717, 1.165) is 41.0 Å². The number of aliphatic hydroxyl groups excluding tert-OH is 2. The molecule has 0 aliphatic heterocycles. The molecule has 0 aliphatic carbocycles. The Morgan fingerprint density at radius 1 is 1.18 bits per heavy atom. The molecule has 28 heavy (non-hydrogen) atoms. The first-order chi connectivity index (χ1) is 13.7. The van der Waals surface area contributed by atoms with Crippen LogP contribution >= 0.6 is 0 Å². The lowest BCUT2D eigenvalue weighted by atomic mass is 10.1. The van der Waals surface area contributed by atoms with Crippen molar-refractivity contribution in [3.05, 3.63) is 42.1 Å². The molecule has 1 aromatic carbocycles. The number of benzene rings is 1. The van der Waals surface area contributed by atoms with Gasteiger partial charge >= 0.3 is 0 Å². The van der Waals surface area contributed by atoms with E-state index in [1.54, 1.807) is 0 Å². The molecule has 0 unspecified atom stereocenters. The van der Waals surface area contributed by atoms with Gasteiger partial charge in [0.1, 0.15) is 11.5 Å². The van der Waals surface area contributed by atoms with Crippen LogP contribution in [0.5, 0.6) is 0 Å². The molecule has 150 valence electrons. The number of nitrogens with one attached hydrogen (secondary N) is 2. The van der Waals surface area contributed by atoms with Gasteiger partial charge < -0.3 is 25.3 Å². The fourth-order valence-corrected chi connectivity index (χ4v) is 3.07. The molecule has 0 fully saturated rings. The lowest BCUT2D eigenvalue weighted by molar-refractivity contribution is 0.0800. The average molecular weight is 384 g/mol. The van der Waals surface area contributed by atoms with Gasteiger partial charge in [0, 0.05) is 17.8 Å². The van der Waals surface area contributed by atoms with E-state index in [2.05, 4.69) is 22.2 Å². The molecule has 0 bridgehead atoms. The number of hydrogen-bond acceptors (Lipinski definition) is 6. The van der Waals surface area contributed by atoms with Crippen molar-refractivity contribution in [2.24, 2.45) is 0 Å². The highest BCUT2D eigenvalue weighted by Gasteiger charge is 2.13. The molecule has 2 aromatic heterocycles. The van der Waals surface area contributed by atoms with E-state index in [0.29, 0.717) is 25.4 Å². The van der Waals surface area contributed by atoms with E-state index >= 15 is 0 Å².